The average molecular weight is 695 g/mol. The fraction of sp³-hybridized carbons (Fsp3) is 0.194. The van der Waals surface area contributed by atoms with Crippen molar-refractivity contribution in [2.45, 2.75) is 35.7 Å². The van der Waals surface area contributed by atoms with Crippen molar-refractivity contribution in [2.75, 3.05) is 29.2 Å². The zero-order valence-electron chi connectivity index (χ0n) is 26.9. The van der Waals surface area contributed by atoms with Crippen molar-refractivity contribution in [1.82, 2.24) is 19.7 Å². The van der Waals surface area contributed by atoms with E-state index in [-0.39, 0.29) is 28.7 Å². The molecule has 2 N–H and O–H groups in total. The van der Waals surface area contributed by atoms with Crippen molar-refractivity contribution in [3.63, 3.8) is 0 Å². The molecular formula is C36H34N6O3S3. The van der Waals surface area contributed by atoms with Gasteiger partial charge in [0.1, 0.15) is 5.75 Å². The van der Waals surface area contributed by atoms with Gasteiger partial charge in [0.15, 0.2) is 15.3 Å². The molecule has 0 aliphatic carbocycles. The van der Waals surface area contributed by atoms with Crippen molar-refractivity contribution < 1.29 is 14.3 Å². The van der Waals surface area contributed by atoms with Crippen LogP contribution in [0.25, 0.3) is 27.3 Å². The number of para-hydroxylation sites is 3. The molecule has 244 valence electrons. The van der Waals surface area contributed by atoms with Gasteiger partial charge < -0.3 is 15.4 Å². The normalized spacial score (nSPS) is 11.4. The van der Waals surface area contributed by atoms with Crippen LogP contribution < -0.4 is 15.4 Å². The molecule has 0 aliphatic heterocycles. The van der Waals surface area contributed by atoms with E-state index < -0.39 is 0 Å². The molecule has 4 aromatic carbocycles. The number of aromatic nitrogens is 4. The average Bonchev–Trinajstić information content (AvgIpc) is 3.70. The lowest BCUT2D eigenvalue weighted by Crippen LogP contribution is -2.14. The minimum absolute atomic E-state index is 0.0437. The third-order valence-electron chi connectivity index (χ3n) is 7.35. The number of methoxy groups -OCH3 is 1. The second-order valence-corrected chi connectivity index (χ2v) is 15.0. The molecule has 12 heteroatoms. The fourth-order valence-corrected chi connectivity index (χ4v) is 7.57. The number of thiazole rings is 1. The first-order chi connectivity index (χ1) is 23.2. The number of hydrogen-bond donors (Lipinski definition) is 2. The summed E-state index contributed by atoms with van der Waals surface area (Å²) in [5.41, 5.74) is 5.25. The fourth-order valence-electron chi connectivity index (χ4n) is 4.91. The van der Waals surface area contributed by atoms with Crippen LogP contribution in [0.3, 0.4) is 0 Å². The highest BCUT2D eigenvalue weighted by Crippen LogP contribution is 2.33. The number of ether oxygens (including phenoxy) is 1. The van der Waals surface area contributed by atoms with Gasteiger partial charge >= 0.3 is 0 Å². The van der Waals surface area contributed by atoms with Crippen molar-refractivity contribution >= 4 is 68.3 Å². The molecule has 0 unspecified atom stereocenters. The summed E-state index contributed by atoms with van der Waals surface area (Å²) in [5.74, 6) is 1.36. The van der Waals surface area contributed by atoms with Gasteiger partial charge in [-0.25, -0.2) is 4.98 Å². The van der Waals surface area contributed by atoms with Gasteiger partial charge in [0.2, 0.25) is 11.8 Å². The van der Waals surface area contributed by atoms with Gasteiger partial charge in [-0.1, -0.05) is 98.9 Å². The molecule has 6 aromatic rings. The molecule has 0 aliphatic rings. The Morgan fingerprint density at radius 1 is 0.833 bits per heavy atom. The quantitative estimate of drug-likeness (QED) is 0.130. The summed E-state index contributed by atoms with van der Waals surface area (Å²) < 4.78 is 8.98. The van der Waals surface area contributed by atoms with Gasteiger partial charge in [-0.15, -0.1) is 21.5 Å². The first kappa shape index (κ1) is 33.3. The predicted octanol–water partition coefficient (Wildman–Crippen LogP) is 8.31. The minimum Gasteiger partial charge on any atom is -0.495 e. The maximum absolute atomic E-state index is 13.1. The number of thioether (sulfide) groups is 2. The largest absolute Gasteiger partial charge is 0.495 e. The molecular weight excluding hydrogens is 661 g/mol. The van der Waals surface area contributed by atoms with E-state index in [0.717, 1.165) is 25.8 Å². The Labute approximate surface area is 291 Å². The number of carbonyl (C=O) groups excluding carboxylic acids is 2. The van der Waals surface area contributed by atoms with Crippen LogP contribution in [0.4, 0.5) is 11.4 Å². The van der Waals surface area contributed by atoms with Gasteiger partial charge in [-0.2, -0.15) is 0 Å². The third-order valence-corrected chi connectivity index (χ3v) is 10.4. The van der Waals surface area contributed by atoms with Gasteiger partial charge in [0.25, 0.3) is 0 Å². The zero-order chi connectivity index (χ0) is 33.7. The van der Waals surface area contributed by atoms with E-state index >= 15 is 0 Å². The van der Waals surface area contributed by atoms with Crippen molar-refractivity contribution in [2.24, 2.45) is 0 Å². The Hall–Kier alpha value is -4.65. The number of hydrogen-bond acceptors (Lipinski definition) is 9. The molecule has 9 nitrogen and oxygen atoms in total. The highest BCUT2D eigenvalue weighted by molar-refractivity contribution is 8.01. The molecule has 0 bridgehead atoms. The van der Waals surface area contributed by atoms with Crippen LogP contribution in [0.5, 0.6) is 5.75 Å². The van der Waals surface area contributed by atoms with Crippen LogP contribution in [0, 0.1) is 0 Å². The third kappa shape index (κ3) is 7.89. The van der Waals surface area contributed by atoms with Crippen LogP contribution >= 0.6 is 34.9 Å². The molecule has 2 amide bonds. The Bertz CT molecular complexity index is 2050. The number of carbonyl (C=O) groups is 2. The Morgan fingerprint density at radius 2 is 1.54 bits per heavy atom. The van der Waals surface area contributed by atoms with Crippen molar-refractivity contribution in [1.29, 1.82) is 0 Å². The number of nitrogens with one attached hydrogen (secondary N) is 2. The summed E-state index contributed by atoms with van der Waals surface area (Å²) in [6.07, 6.45) is 0. The molecule has 0 saturated carbocycles. The Kier molecular flexibility index (Phi) is 10.1. The van der Waals surface area contributed by atoms with Crippen LogP contribution in [0.2, 0.25) is 0 Å². The Morgan fingerprint density at radius 3 is 2.29 bits per heavy atom. The standard InChI is InChI=1S/C36H34N6O3S3/c1-36(2,3)24-16-14-23(15-17-24)33-40-41-34(42(33)26-10-6-5-7-11-26)46-21-31(43)37-25-18-19-28-30(20-25)48-35(39-28)47-22-32(44)38-27-12-8-9-13-29(27)45-4/h5-20H,21-22H2,1-4H3,(H,37,43)(H,38,44). The Balaban J connectivity index is 1.10. The van der Waals surface area contributed by atoms with E-state index in [1.165, 1.54) is 40.4 Å². The van der Waals surface area contributed by atoms with Gasteiger partial charge in [-0.05, 0) is 53.4 Å². The second kappa shape index (κ2) is 14.6. The zero-order valence-corrected chi connectivity index (χ0v) is 29.3. The van der Waals surface area contributed by atoms with Crippen LogP contribution in [0.15, 0.2) is 107 Å². The van der Waals surface area contributed by atoms with Crippen molar-refractivity contribution in [3.05, 3.63) is 103 Å². The molecule has 0 radical (unpaired) electrons. The number of nitrogens with zero attached hydrogens (tertiary/aromatic N) is 4. The van der Waals surface area contributed by atoms with E-state index in [9.17, 15) is 9.59 Å². The second-order valence-electron chi connectivity index (χ2n) is 11.8. The van der Waals surface area contributed by atoms with Crippen LogP contribution in [-0.2, 0) is 15.0 Å². The molecule has 0 saturated heterocycles. The van der Waals surface area contributed by atoms with E-state index in [0.29, 0.717) is 28.1 Å². The highest BCUT2D eigenvalue weighted by atomic mass is 32.2. The van der Waals surface area contributed by atoms with E-state index in [4.69, 9.17) is 4.74 Å². The monoisotopic (exact) mass is 694 g/mol. The molecule has 2 aromatic heterocycles. The lowest BCUT2D eigenvalue weighted by atomic mass is 9.87. The molecule has 48 heavy (non-hydrogen) atoms. The maximum Gasteiger partial charge on any atom is 0.234 e. The van der Waals surface area contributed by atoms with Crippen molar-refractivity contribution in [3.8, 4) is 22.8 Å². The first-order valence-corrected chi connectivity index (χ1v) is 18.0. The summed E-state index contributed by atoms with van der Waals surface area (Å²) in [6.45, 7) is 6.57. The first-order valence-electron chi connectivity index (χ1n) is 15.2. The maximum atomic E-state index is 13.1. The summed E-state index contributed by atoms with van der Waals surface area (Å²) in [4.78, 5) is 30.3. The molecule has 0 spiro atoms. The summed E-state index contributed by atoms with van der Waals surface area (Å²) in [7, 11) is 1.57. The summed E-state index contributed by atoms with van der Waals surface area (Å²) >= 11 is 4.17. The predicted molar refractivity (Wildman–Crippen MR) is 197 cm³/mol. The lowest BCUT2D eigenvalue weighted by molar-refractivity contribution is -0.114. The molecule has 0 fully saturated rings. The highest BCUT2D eigenvalue weighted by Gasteiger charge is 2.19. The molecule has 0 atom stereocenters. The summed E-state index contributed by atoms with van der Waals surface area (Å²) in [5, 5.41) is 15.5. The van der Waals surface area contributed by atoms with E-state index in [1.54, 1.807) is 19.2 Å². The molecule has 6 rings (SSSR count). The van der Waals surface area contributed by atoms with E-state index in [2.05, 4.69) is 70.9 Å². The molecule has 2 heterocycles. The van der Waals surface area contributed by atoms with Crippen LogP contribution in [0.1, 0.15) is 26.3 Å². The number of rotatable bonds is 11. The number of fused-ring (bicyclic) bond motifs is 1. The lowest BCUT2D eigenvalue weighted by Gasteiger charge is -2.19. The van der Waals surface area contributed by atoms with Gasteiger partial charge in [0, 0.05) is 16.9 Å². The van der Waals surface area contributed by atoms with E-state index in [1.807, 2.05) is 65.2 Å². The number of amides is 2. The van der Waals surface area contributed by atoms with Crippen LogP contribution in [-0.4, -0.2) is 50.2 Å². The smallest absolute Gasteiger partial charge is 0.234 e. The number of anilines is 2. The minimum atomic E-state index is -0.162. The van der Waals surface area contributed by atoms with Gasteiger partial charge in [0.05, 0.1) is 34.5 Å². The SMILES string of the molecule is COc1ccccc1NC(=O)CSc1nc2ccc(NC(=O)CSc3nnc(-c4ccc(C(C)(C)C)cc4)n3-c3ccccc3)cc2s1. The summed E-state index contributed by atoms with van der Waals surface area (Å²) in [6, 6.07) is 31.2. The van der Waals surface area contributed by atoms with Gasteiger partial charge in [-0.3, -0.25) is 14.2 Å². The topological polar surface area (TPSA) is 111 Å². The number of benzene rings is 4.